The van der Waals surface area contributed by atoms with Gasteiger partial charge in [0.2, 0.25) is 15.9 Å². The van der Waals surface area contributed by atoms with Crippen molar-refractivity contribution in [1.29, 1.82) is 0 Å². The molecule has 0 spiro atoms. The predicted molar refractivity (Wildman–Crippen MR) is 106 cm³/mol. The molecule has 1 heterocycles. The molecule has 2 amide bonds. The van der Waals surface area contributed by atoms with Crippen LogP contribution in [0, 0.1) is 0 Å². The van der Waals surface area contributed by atoms with Crippen molar-refractivity contribution in [3.8, 4) is 5.69 Å². The van der Waals surface area contributed by atoms with E-state index in [-0.39, 0.29) is 22.9 Å². The van der Waals surface area contributed by atoms with Crippen LogP contribution >= 0.6 is 11.6 Å². The summed E-state index contributed by atoms with van der Waals surface area (Å²) in [4.78, 5) is 24.0. The number of sulfonamides is 1. The van der Waals surface area contributed by atoms with Crippen molar-refractivity contribution in [2.75, 3.05) is 6.54 Å². The summed E-state index contributed by atoms with van der Waals surface area (Å²) in [7, 11) is -3.79. The Hall–Kier alpha value is -3.35. The lowest BCUT2D eigenvalue weighted by Crippen LogP contribution is -2.42. The van der Waals surface area contributed by atoms with Gasteiger partial charge >= 0.3 is 0 Å². The van der Waals surface area contributed by atoms with Crippen LogP contribution in [0.2, 0.25) is 5.02 Å². The molecule has 156 valence electrons. The summed E-state index contributed by atoms with van der Waals surface area (Å²) in [6.07, 6.45) is 1.23. The van der Waals surface area contributed by atoms with Gasteiger partial charge in [0.15, 0.2) is 0 Å². The number of hydrogen-bond acceptors (Lipinski definition) is 7. The summed E-state index contributed by atoms with van der Waals surface area (Å²) in [5, 5.41) is 11.1. The van der Waals surface area contributed by atoms with Crippen LogP contribution in [-0.2, 0) is 14.8 Å². The Labute approximate surface area is 176 Å². The summed E-state index contributed by atoms with van der Waals surface area (Å²) in [5.41, 5.74) is 5.45. The molecule has 0 aliphatic rings. The Kier molecular flexibility index (Phi) is 6.72. The average Bonchev–Trinajstić information content (AvgIpc) is 3.27. The summed E-state index contributed by atoms with van der Waals surface area (Å²) >= 11 is 5.78. The predicted octanol–water partition coefficient (Wildman–Crippen LogP) is 0.445. The van der Waals surface area contributed by atoms with Crippen molar-refractivity contribution in [2.24, 2.45) is 0 Å². The van der Waals surface area contributed by atoms with Gasteiger partial charge in [0.1, 0.15) is 6.33 Å². The molecule has 0 saturated heterocycles. The molecule has 2 aromatic carbocycles. The molecule has 0 saturated carbocycles. The normalized spacial score (nSPS) is 11.1. The number of carbonyl (C=O) groups excluding carboxylic acids is 2. The second-order valence-electron chi connectivity index (χ2n) is 5.91. The van der Waals surface area contributed by atoms with Crippen molar-refractivity contribution < 1.29 is 18.0 Å². The van der Waals surface area contributed by atoms with Crippen LogP contribution in [0.4, 0.5) is 0 Å². The van der Waals surface area contributed by atoms with Gasteiger partial charge in [-0.05, 0) is 52.9 Å². The van der Waals surface area contributed by atoms with Gasteiger partial charge in [-0.2, -0.15) is 0 Å². The topological polar surface area (TPSA) is 148 Å². The van der Waals surface area contributed by atoms with E-state index in [0.717, 1.165) is 0 Å². The van der Waals surface area contributed by atoms with Gasteiger partial charge < -0.3 is 0 Å². The number of tetrazole rings is 1. The van der Waals surface area contributed by atoms with E-state index >= 15 is 0 Å². The number of hydrogen-bond donors (Lipinski definition) is 3. The molecule has 3 N–H and O–H groups in total. The molecule has 13 heteroatoms. The third-order valence-corrected chi connectivity index (χ3v) is 5.50. The molecule has 30 heavy (non-hydrogen) atoms. The zero-order valence-electron chi connectivity index (χ0n) is 15.3. The molecule has 0 atom stereocenters. The minimum absolute atomic E-state index is 0.00571. The fraction of sp³-hybridized carbons (Fsp3) is 0.118. The van der Waals surface area contributed by atoms with Gasteiger partial charge in [-0.1, -0.05) is 17.7 Å². The molecule has 0 aliphatic heterocycles. The second-order valence-corrected chi connectivity index (χ2v) is 8.11. The van der Waals surface area contributed by atoms with Crippen molar-refractivity contribution in [2.45, 2.75) is 11.3 Å². The number of amides is 2. The molecule has 0 aliphatic carbocycles. The standard InChI is InChI=1S/C17H16ClN7O4S/c18-13-2-1-3-15(10-13)30(28,29)20-9-8-16(26)21-22-17(27)12-4-6-14(7-5-12)25-11-19-23-24-25/h1-7,10-11,20H,8-9H2,(H,21,26)(H,22,27). The lowest BCUT2D eigenvalue weighted by molar-refractivity contribution is -0.121. The molecular formula is C17H16ClN7O4S. The fourth-order valence-corrected chi connectivity index (χ4v) is 3.65. The number of aromatic nitrogens is 4. The Balaban J connectivity index is 1.44. The minimum Gasteiger partial charge on any atom is -0.273 e. The van der Waals surface area contributed by atoms with Gasteiger partial charge in [-0.3, -0.25) is 20.4 Å². The summed E-state index contributed by atoms with van der Waals surface area (Å²) in [6.45, 7) is -0.156. The molecule has 0 bridgehead atoms. The van der Waals surface area contributed by atoms with Gasteiger partial charge in [0.05, 0.1) is 10.6 Å². The first-order valence-corrected chi connectivity index (χ1v) is 10.4. The maximum atomic E-state index is 12.1. The monoisotopic (exact) mass is 449 g/mol. The number of benzene rings is 2. The molecule has 0 fully saturated rings. The van der Waals surface area contributed by atoms with E-state index < -0.39 is 21.8 Å². The molecule has 0 radical (unpaired) electrons. The van der Waals surface area contributed by atoms with Crippen LogP contribution < -0.4 is 15.6 Å². The van der Waals surface area contributed by atoms with E-state index in [0.29, 0.717) is 11.3 Å². The Morgan fingerprint density at radius 3 is 2.50 bits per heavy atom. The number of hydrazine groups is 1. The SMILES string of the molecule is O=C(CCNS(=O)(=O)c1cccc(Cl)c1)NNC(=O)c1ccc(-n2cnnn2)cc1. The first-order chi connectivity index (χ1) is 14.3. The Bertz CT molecular complexity index is 1140. The summed E-state index contributed by atoms with van der Waals surface area (Å²) < 4.78 is 28.0. The van der Waals surface area contributed by atoms with Crippen LogP contribution in [0.25, 0.3) is 5.69 Å². The highest BCUT2D eigenvalue weighted by molar-refractivity contribution is 7.89. The zero-order chi connectivity index (χ0) is 21.6. The van der Waals surface area contributed by atoms with Gasteiger partial charge in [0.25, 0.3) is 5.91 Å². The average molecular weight is 450 g/mol. The van der Waals surface area contributed by atoms with Gasteiger partial charge in [0, 0.05) is 23.6 Å². The maximum absolute atomic E-state index is 12.1. The van der Waals surface area contributed by atoms with E-state index in [4.69, 9.17) is 11.6 Å². The fourth-order valence-electron chi connectivity index (χ4n) is 2.32. The Morgan fingerprint density at radius 1 is 1.07 bits per heavy atom. The van der Waals surface area contributed by atoms with Crippen LogP contribution in [-0.4, -0.2) is 47.0 Å². The highest BCUT2D eigenvalue weighted by Gasteiger charge is 2.15. The van der Waals surface area contributed by atoms with Crippen molar-refractivity contribution in [3.05, 3.63) is 65.4 Å². The quantitative estimate of drug-likeness (QED) is 0.443. The second kappa shape index (κ2) is 9.43. The molecule has 11 nitrogen and oxygen atoms in total. The van der Waals surface area contributed by atoms with Crippen LogP contribution in [0.15, 0.2) is 59.8 Å². The number of nitrogens with one attached hydrogen (secondary N) is 3. The van der Waals surface area contributed by atoms with Crippen molar-refractivity contribution in [3.63, 3.8) is 0 Å². The van der Waals surface area contributed by atoms with E-state index in [9.17, 15) is 18.0 Å². The van der Waals surface area contributed by atoms with Gasteiger partial charge in [-0.15, -0.1) is 5.10 Å². The van der Waals surface area contributed by atoms with E-state index in [1.165, 1.54) is 41.3 Å². The van der Waals surface area contributed by atoms with Gasteiger partial charge in [-0.25, -0.2) is 17.8 Å². The molecule has 0 unspecified atom stereocenters. The number of carbonyl (C=O) groups is 2. The molecular weight excluding hydrogens is 434 g/mol. The molecule has 3 aromatic rings. The van der Waals surface area contributed by atoms with E-state index in [1.807, 2.05) is 0 Å². The molecule has 1 aromatic heterocycles. The lowest BCUT2D eigenvalue weighted by Gasteiger charge is -2.09. The van der Waals surface area contributed by atoms with Crippen molar-refractivity contribution in [1.82, 2.24) is 35.8 Å². The highest BCUT2D eigenvalue weighted by Crippen LogP contribution is 2.15. The Morgan fingerprint density at radius 2 is 1.83 bits per heavy atom. The third kappa shape index (κ3) is 5.59. The summed E-state index contributed by atoms with van der Waals surface area (Å²) in [6, 6.07) is 12.1. The lowest BCUT2D eigenvalue weighted by atomic mass is 10.2. The van der Waals surface area contributed by atoms with Crippen LogP contribution in [0.3, 0.4) is 0 Å². The first-order valence-electron chi connectivity index (χ1n) is 8.53. The van der Waals surface area contributed by atoms with Crippen LogP contribution in [0.1, 0.15) is 16.8 Å². The van der Waals surface area contributed by atoms with E-state index in [1.54, 1.807) is 18.2 Å². The minimum atomic E-state index is -3.79. The molecule has 3 rings (SSSR count). The third-order valence-electron chi connectivity index (χ3n) is 3.81. The smallest absolute Gasteiger partial charge is 0.269 e. The summed E-state index contributed by atoms with van der Waals surface area (Å²) in [5.74, 6) is -1.10. The largest absolute Gasteiger partial charge is 0.273 e. The van der Waals surface area contributed by atoms with Crippen molar-refractivity contribution >= 4 is 33.4 Å². The highest BCUT2D eigenvalue weighted by atomic mass is 35.5. The maximum Gasteiger partial charge on any atom is 0.269 e. The number of nitrogens with zero attached hydrogens (tertiary/aromatic N) is 4. The van der Waals surface area contributed by atoms with E-state index in [2.05, 4.69) is 31.1 Å². The first kappa shape index (κ1) is 21.4. The zero-order valence-corrected chi connectivity index (χ0v) is 16.9. The number of rotatable bonds is 7. The number of halogens is 1. The van der Waals surface area contributed by atoms with Crippen LogP contribution in [0.5, 0.6) is 0 Å².